The third kappa shape index (κ3) is 3.80. The van der Waals surface area contributed by atoms with Crippen molar-refractivity contribution < 1.29 is 12.8 Å². The Morgan fingerprint density at radius 2 is 1.57 bits per heavy atom. The molecule has 2 aromatic rings. The lowest BCUT2D eigenvalue weighted by molar-refractivity contribution is 0.599. The Bertz CT molecular complexity index is 697. The van der Waals surface area contributed by atoms with Gasteiger partial charge in [-0.1, -0.05) is 12.1 Å². The normalized spacial score (nSPS) is 12.9. The monoisotopic (exact) mass is 308 g/mol. The van der Waals surface area contributed by atoms with Gasteiger partial charge >= 0.3 is 0 Å². The summed E-state index contributed by atoms with van der Waals surface area (Å²) in [6.45, 7) is 2.01. The third-order valence-electron chi connectivity index (χ3n) is 3.22. The Morgan fingerprint density at radius 3 is 2.10 bits per heavy atom. The summed E-state index contributed by atoms with van der Waals surface area (Å²) in [5.74, 6) is -0.473. The average molecular weight is 308 g/mol. The van der Waals surface area contributed by atoms with Crippen LogP contribution in [0.25, 0.3) is 0 Å². The zero-order chi connectivity index (χ0) is 15.5. The minimum Gasteiger partial charge on any atom is -0.313 e. The maximum absolute atomic E-state index is 12.8. The maximum atomic E-state index is 12.8. The number of rotatable bonds is 5. The van der Waals surface area contributed by atoms with Gasteiger partial charge in [-0.25, -0.2) is 12.8 Å². The zero-order valence-corrected chi connectivity index (χ0v) is 12.6. The van der Waals surface area contributed by atoms with Crippen LogP contribution in [0.4, 0.5) is 10.1 Å². The van der Waals surface area contributed by atoms with Crippen molar-refractivity contribution in [2.45, 2.75) is 17.9 Å². The van der Waals surface area contributed by atoms with Crippen molar-refractivity contribution in [2.24, 2.45) is 0 Å². The molecule has 0 aliphatic heterocycles. The summed E-state index contributed by atoms with van der Waals surface area (Å²) >= 11 is 0. The Kier molecular flexibility index (Phi) is 4.59. The fourth-order valence-electron chi connectivity index (χ4n) is 1.83. The molecule has 2 N–H and O–H groups in total. The van der Waals surface area contributed by atoms with Crippen LogP contribution in [-0.2, 0) is 10.0 Å². The molecule has 2 aromatic carbocycles. The molecule has 112 valence electrons. The van der Waals surface area contributed by atoms with Crippen molar-refractivity contribution in [3.63, 3.8) is 0 Å². The first-order valence-corrected chi connectivity index (χ1v) is 7.96. The number of benzene rings is 2. The molecule has 4 nitrogen and oxygen atoms in total. The van der Waals surface area contributed by atoms with Crippen LogP contribution in [-0.4, -0.2) is 15.5 Å². The van der Waals surface area contributed by atoms with E-state index in [0.29, 0.717) is 5.69 Å². The summed E-state index contributed by atoms with van der Waals surface area (Å²) in [6.07, 6.45) is 0. The van der Waals surface area contributed by atoms with Gasteiger partial charge in [0.2, 0.25) is 0 Å². The second-order valence-electron chi connectivity index (χ2n) is 4.69. The SMILES string of the molecule is CNC(C)c1ccc(NS(=O)(=O)c2ccc(F)cc2)cc1. The molecule has 0 aromatic heterocycles. The first-order valence-electron chi connectivity index (χ1n) is 6.48. The van der Waals surface area contributed by atoms with Crippen LogP contribution >= 0.6 is 0 Å². The first kappa shape index (κ1) is 15.5. The second kappa shape index (κ2) is 6.24. The molecule has 0 aliphatic rings. The molecule has 1 unspecified atom stereocenters. The fourth-order valence-corrected chi connectivity index (χ4v) is 2.89. The van der Waals surface area contributed by atoms with Crippen molar-refractivity contribution in [1.82, 2.24) is 5.32 Å². The largest absolute Gasteiger partial charge is 0.313 e. The highest BCUT2D eigenvalue weighted by Crippen LogP contribution is 2.19. The molecular weight excluding hydrogens is 291 g/mol. The Hall–Kier alpha value is -1.92. The maximum Gasteiger partial charge on any atom is 0.261 e. The van der Waals surface area contributed by atoms with E-state index in [-0.39, 0.29) is 10.9 Å². The lowest BCUT2D eigenvalue weighted by atomic mass is 10.1. The van der Waals surface area contributed by atoms with Gasteiger partial charge in [-0.3, -0.25) is 4.72 Å². The molecule has 6 heteroatoms. The molecule has 0 radical (unpaired) electrons. The zero-order valence-electron chi connectivity index (χ0n) is 11.8. The van der Waals surface area contributed by atoms with Crippen LogP contribution in [0.1, 0.15) is 18.5 Å². The summed E-state index contributed by atoms with van der Waals surface area (Å²) in [5, 5.41) is 3.11. The van der Waals surface area contributed by atoms with Crippen molar-refractivity contribution in [1.29, 1.82) is 0 Å². The molecule has 0 fully saturated rings. The van der Waals surface area contributed by atoms with Crippen molar-refractivity contribution in [2.75, 3.05) is 11.8 Å². The molecular formula is C15H17FN2O2S. The number of halogens is 1. The van der Waals surface area contributed by atoms with E-state index >= 15 is 0 Å². The van der Waals surface area contributed by atoms with E-state index in [1.807, 2.05) is 26.1 Å². The quantitative estimate of drug-likeness (QED) is 0.893. The Balaban J connectivity index is 2.19. The smallest absolute Gasteiger partial charge is 0.261 e. The van der Waals surface area contributed by atoms with Gasteiger partial charge in [-0.05, 0) is 55.9 Å². The van der Waals surface area contributed by atoms with Gasteiger partial charge in [0.1, 0.15) is 5.82 Å². The molecule has 21 heavy (non-hydrogen) atoms. The van der Waals surface area contributed by atoms with E-state index in [1.54, 1.807) is 12.1 Å². The summed E-state index contributed by atoms with van der Waals surface area (Å²) in [5.41, 5.74) is 1.52. The van der Waals surface area contributed by atoms with Crippen LogP contribution in [0.15, 0.2) is 53.4 Å². The van der Waals surface area contributed by atoms with Gasteiger partial charge in [-0.15, -0.1) is 0 Å². The van der Waals surface area contributed by atoms with Crippen molar-refractivity contribution in [3.8, 4) is 0 Å². The number of hydrogen-bond donors (Lipinski definition) is 2. The topological polar surface area (TPSA) is 58.2 Å². The second-order valence-corrected chi connectivity index (χ2v) is 6.37. The van der Waals surface area contributed by atoms with Gasteiger partial charge in [0, 0.05) is 11.7 Å². The molecule has 0 aliphatic carbocycles. The van der Waals surface area contributed by atoms with Crippen LogP contribution in [0.5, 0.6) is 0 Å². The van der Waals surface area contributed by atoms with Gasteiger partial charge in [-0.2, -0.15) is 0 Å². The highest BCUT2D eigenvalue weighted by Gasteiger charge is 2.14. The predicted octanol–water partition coefficient (Wildman–Crippen LogP) is 2.91. The third-order valence-corrected chi connectivity index (χ3v) is 4.62. The van der Waals surface area contributed by atoms with Crippen molar-refractivity contribution in [3.05, 3.63) is 59.9 Å². The highest BCUT2D eigenvalue weighted by molar-refractivity contribution is 7.92. The number of anilines is 1. The van der Waals surface area contributed by atoms with Gasteiger partial charge in [0.05, 0.1) is 4.90 Å². The molecule has 0 amide bonds. The van der Waals surface area contributed by atoms with Crippen molar-refractivity contribution >= 4 is 15.7 Å². The van der Waals surface area contributed by atoms with E-state index in [2.05, 4.69) is 10.0 Å². The minimum atomic E-state index is -3.70. The lowest BCUT2D eigenvalue weighted by Crippen LogP contribution is -2.14. The van der Waals surface area contributed by atoms with Crippen LogP contribution in [0.3, 0.4) is 0 Å². The fraction of sp³-hybridized carbons (Fsp3) is 0.200. The molecule has 1 atom stereocenters. The average Bonchev–Trinajstić information content (AvgIpc) is 2.47. The van der Waals surface area contributed by atoms with E-state index in [1.165, 1.54) is 12.1 Å². The van der Waals surface area contributed by atoms with E-state index in [4.69, 9.17) is 0 Å². The summed E-state index contributed by atoms with van der Waals surface area (Å²) in [4.78, 5) is 0.0246. The summed E-state index contributed by atoms with van der Waals surface area (Å²) < 4.78 is 39.6. The predicted molar refractivity (Wildman–Crippen MR) is 81.1 cm³/mol. The van der Waals surface area contributed by atoms with Crippen LogP contribution < -0.4 is 10.0 Å². The number of nitrogens with one attached hydrogen (secondary N) is 2. The van der Waals surface area contributed by atoms with E-state index in [0.717, 1.165) is 17.7 Å². The molecule has 0 spiro atoms. The molecule has 2 rings (SSSR count). The number of hydrogen-bond acceptors (Lipinski definition) is 3. The van der Waals surface area contributed by atoms with Gasteiger partial charge in [0.25, 0.3) is 10.0 Å². The standard InChI is InChI=1S/C15H17FN2O2S/c1-11(17-2)12-3-7-14(8-4-12)18-21(19,20)15-9-5-13(16)6-10-15/h3-11,17-18H,1-2H3. The molecule has 0 heterocycles. The van der Waals surface area contributed by atoms with Gasteiger partial charge < -0.3 is 5.32 Å². The number of sulfonamides is 1. The molecule has 0 saturated heterocycles. The first-order chi connectivity index (χ1) is 9.92. The lowest BCUT2D eigenvalue weighted by Gasteiger charge is -2.12. The Morgan fingerprint density at radius 1 is 1.00 bits per heavy atom. The van der Waals surface area contributed by atoms with E-state index < -0.39 is 15.8 Å². The molecule has 0 saturated carbocycles. The summed E-state index contributed by atoms with van der Waals surface area (Å²) in [6, 6.07) is 12.0. The summed E-state index contributed by atoms with van der Waals surface area (Å²) in [7, 11) is -1.84. The van der Waals surface area contributed by atoms with E-state index in [9.17, 15) is 12.8 Å². The minimum absolute atomic E-state index is 0.0246. The molecule has 0 bridgehead atoms. The van der Waals surface area contributed by atoms with Crippen LogP contribution in [0, 0.1) is 5.82 Å². The Labute approximate surface area is 124 Å². The highest BCUT2D eigenvalue weighted by atomic mass is 32.2. The van der Waals surface area contributed by atoms with Crippen LogP contribution in [0.2, 0.25) is 0 Å². The van der Waals surface area contributed by atoms with Gasteiger partial charge in [0.15, 0.2) is 0 Å².